The summed E-state index contributed by atoms with van der Waals surface area (Å²) >= 11 is 0. The molecule has 4 heteroatoms. The van der Waals surface area contributed by atoms with Gasteiger partial charge >= 0.3 is 0 Å². The number of primary amides is 1. The standard InChI is InChI=1S/C10H13FN2O/c1-7-6-8(2-3-9(7)11)13-5-4-10(12)14/h2-3,6,13H,4-5H2,1H3,(H2,12,14). The molecule has 0 fully saturated rings. The van der Waals surface area contributed by atoms with Crippen LogP contribution in [0.5, 0.6) is 0 Å². The highest BCUT2D eigenvalue weighted by Gasteiger charge is 1.99. The average molecular weight is 196 g/mol. The number of nitrogens with one attached hydrogen (secondary N) is 1. The number of hydrogen-bond donors (Lipinski definition) is 2. The minimum absolute atomic E-state index is 0.231. The molecule has 0 saturated carbocycles. The highest BCUT2D eigenvalue weighted by molar-refractivity contribution is 5.74. The van der Waals surface area contributed by atoms with Gasteiger partial charge in [0.25, 0.3) is 0 Å². The van der Waals surface area contributed by atoms with Crippen molar-refractivity contribution in [2.75, 3.05) is 11.9 Å². The number of halogens is 1. The molecule has 0 unspecified atom stereocenters. The molecule has 0 spiro atoms. The summed E-state index contributed by atoms with van der Waals surface area (Å²) in [4.78, 5) is 10.4. The van der Waals surface area contributed by atoms with Crippen molar-refractivity contribution in [3.05, 3.63) is 29.6 Å². The highest BCUT2D eigenvalue weighted by atomic mass is 19.1. The van der Waals surface area contributed by atoms with Gasteiger partial charge in [0.2, 0.25) is 5.91 Å². The maximum Gasteiger partial charge on any atom is 0.219 e. The Morgan fingerprint density at radius 1 is 1.57 bits per heavy atom. The first-order chi connectivity index (χ1) is 6.59. The third-order valence-electron chi connectivity index (χ3n) is 1.86. The van der Waals surface area contributed by atoms with Gasteiger partial charge in [0.1, 0.15) is 5.82 Å². The summed E-state index contributed by atoms with van der Waals surface area (Å²) in [6.07, 6.45) is 0.274. The van der Waals surface area contributed by atoms with Gasteiger partial charge in [-0.3, -0.25) is 4.79 Å². The van der Waals surface area contributed by atoms with E-state index in [0.717, 1.165) is 5.69 Å². The molecule has 14 heavy (non-hydrogen) atoms. The van der Waals surface area contributed by atoms with Crippen LogP contribution in [0.2, 0.25) is 0 Å². The van der Waals surface area contributed by atoms with E-state index in [4.69, 9.17) is 5.73 Å². The third kappa shape index (κ3) is 3.05. The average Bonchev–Trinajstić information content (AvgIpc) is 2.10. The van der Waals surface area contributed by atoms with Crippen LogP contribution in [0.4, 0.5) is 10.1 Å². The zero-order valence-electron chi connectivity index (χ0n) is 8.01. The fourth-order valence-corrected chi connectivity index (χ4v) is 1.08. The van der Waals surface area contributed by atoms with E-state index in [2.05, 4.69) is 5.32 Å². The number of anilines is 1. The Bertz CT molecular complexity index is 339. The van der Waals surface area contributed by atoms with Gasteiger partial charge in [0.15, 0.2) is 0 Å². The minimum atomic E-state index is -0.351. The van der Waals surface area contributed by atoms with Crippen LogP contribution in [-0.2, 0) is 4.79 Å². The van der Waals surface area contributed by atoms with E-state index in [-0.39, 0.29) is 18.1 Å². The topological polar surface area (TPSA) is 55.1 Å². The zero-order chi connectivity index (χ0) is 10.6. The molecule has 3 nitrogen and oxygen atoms in total. The second-order valence-corrected chi connectivity index (χ2v) is 3.11. The van der Waals surface area contributed by atoms with Gasteiger partial charge < -0.3 is 11.1 Å². The molecule has 0 saturated heterocycles. The lowest BCUT2D eigenvalue weighted by atomic mass is 10.2. The number of rotatable bonds is 4. The predicted octanol–water partition coefficient (Wildman–Crippen LogP) is 1.42. The molecular weight excluding hydrogens is 183 g/mol. The molecule has 1 aromatic rings. The van der Waals surface area contributed by atoms with Gasteiger partial charge in [0.05, 0.1) is 0 Å². The van der Waals surface area contributed by atoms with E-state index < -0.39 is 0 Å². The van der Waals surface area contributed by atoms with Gasteiger partial charge in [-0.05, 0) is 30.7 Å². The number of carbonyl (C=O) groups is 1. The van der Waals surface area contributed by atoms with Crippen molar-refractivity contribution in [3.8, 4) is 0 Å². The number of carbonyl (C=O) groups excluding carboxylic acids is 1. The molecule has 1 aromatic carbocycles. The Kier molecular flexibility index (Phi) is 3.45. The van der Waals surface area contributed by atoms with Crippen molar-refractivity contribution in [1.29, 1.82) is 0 Å². The van der Waals surface area contributed by atoms with E-state index in [1.54, 1.807) is 19.1 Å². The summed E-state index contributed by atoms with van der Waals surface area (Å²) in [5.74, 6) is -0.582. The van der Waals surface area contributed by atoms with Crippen molar-refractivity contribution < 1.29 is 9.18 Å². The SMILES string of the molecule is Cc1cc(NCCC(N)=O)ccc1F. The van der Waals surface area contributed by atoms with Crippen molar-refractivity contribution >= 4 is 11.6 Å². The smallest absolute Gasteiger partial charge is 0.219 e. The predicted molar refractivity (Wildman–Crippen MR) is 53.4 cm³/mol. The fourth-order valence-electron chi connectivity index (χ4n) is 1.08. The normalized spacial score (nSPS) is 9.86. The van der Waals surface area contributed by atoms with Crippen LogP contribution in [0.25, 0.3) is 0 Å². The number of benzene rings is 1. The van der Waals surface area contributed by atoms with Crippen molar-refractivity contribution in [2.24, 2.45) is 5.73 Å². The monoisotopic (exact) mass is 196 g/mol. The van der Waals surface area contributed by atoms with Crippen LogP contribution in [-0.4, -0.2) is 12.5 Å². The van der Waals surface area contributed by atoms with E-state index in [1.165, 1.54) is 6.07 Å². The van der Waals surface area contributed by atoms with E-state index in [0.29, 0.717) is 12.1 Å². The van der Waals surface area contributed by atoms with Crippen molar-refractivity contribution in [1.82, 2.24) is 0 Å². The van der Waals surface area contributed by atoms with E-state index >= 15 is 0 Å². The maximum absolute atomic E-state index is 12.8. The first-order valence-electron chi connectivity index (χ1n) is 4.38. The fraction of sp³-hybridized carbons (Fsp3) is 0.300. The lowest BCUT2D eigenvalue weighted by molar-refractivity contribution is -0.117. The highest BCUT2D eigenvalue weighted by Crippen LogP contribution is 2.13. The number of amides is 1. The molecule has 0 bridgehead atoms. The molecule has 0 aromatic heterocycles. The summed E-state index contributed by atoms with van der Waals surface area (Å²) in [5.41, 5.74) is 6.35. The zero-order valence-corrected chi connectivity index (χ0v) is 8.01. The summed E-state index contributed by atoms with van der Waals surface area (Å²) in [5, 5.41) is 2.98. The Hall–Kier alpha value is -1.58. The van der Waals surface area contributed by atoms with Crippen LogP contribution >= 0.6 is 0 Å². The van der Waals surface area contributed by atoms with Crippen LogP contribution in [0.15, 0.2) is 18.2 Å². The molecule has 0 heterocycles. The second-order valence-electron chi connectivity index (χ2n) is 3.11. The summed E-state index contributed by atoms with van der Waals surface area (Å²) < 4.78 is 12.8. The lowest BCUT2D eigenvalue weighted by Gasteiger charge is -2.05. The molecule has 0 aliphatic rings. The molecular formula is C10H13FN2O. The largest absolute Gasteiger partial charge is 0.385 e. The molecule has 3 N–H and O–H groups in total. The van der Waals surface area contributed by atoms with E-state index in [9.17, 15) is 9.18 Å². The molecule has 1 rings (SSSR count). The van der Waals surface area contributed by atoms with Crippen LogP contribution in [0.1, 0.15) is 12.0 Å². The van der Waals surface area contributed by atoms with E-state index in [1.807, 2.05) is 0 Å². The Labute approximate surface area is 82.1 Å². The number of nitrogens with two attached hydrogens (primary N) is 1. The molecule has 1 amide bonds. The first-order valence-corrected chi connectivity index (χ1v) is 4.38. The van der Waals surface area contributed by atoms with Crippen LogP contribution < -0.4 is 11.1 Å². The number of hydrogen-bond acceptors (Lipinski definition) is 2. The molecule has 0 radical (unpaired) electrons. The minimum Gasteiger partial charge on any atom is -0.385 e. The quantitative estimate of drug-likeness (QED) is 0.765. The summed E-state index contributed by atoms with van der Waals surface area (Å²) in [6.45, 7) is 2.16. The third-order valence-corrected chi connectivity index (χ3v) is 1.86. The van der Waals surface area contributed by atoms with Crippen LogP contribution in [0, 0.1) is 12.7 Å². The van der Waals surface area contributed by atoms with Gasteiger partial charge in [-0.25, -0.2) is 4.39 Å². The number of aryl methyl sites for hydroxylation is 1. The lowest BCUT2D eigenvalue weighted by Crippen LogP contribution is -2.15. The summed E-state index contributed by atoms with van der Waals surface area (Å²) in [7, 11) is 0. The second kappa shape index (κ2) is 4.60. The van der Waals surface area contributed by atoms with Gasteiger partial charge in [0, 0.05) is 18.7 Å². The Morgan fingerprint density at radius 2 is 2.29 bits per heavy atom. The molecule has 76 valence electrons. The maximum atomic E-state index is 12.8. The van der Waals surface area contributed by atoms with Crippen LogP contribution in [0.3, 0.4) is 0 Å². The van der Waals surface area contributed by atoms with Gasteiger partial charge in [-0.15, -0.1) is 0 Å². The molecule has 0 aliphatic heterocycles. The van der Waals surface area contributed by atoms with Crippen molar-refractivity contribution in [3.63, 3.8) is 0 Å². The Balaban J connectivity index is 2.51. The molecule has 0 atom stereocenters. The first kappa shape index (κ1) is 10.5. The summed E-state index contributed by atoms with van der Waals surface area (Å²) in [6, 6.07) is 4.71. The Morgan fingerprint density at radius 3 is 2.86 bits per heavy atom. The van der Waals surface area contributed by atoms with Crippen molar-refractivity contribution in [2.45, 2.75) is 13.3 Å². The molecule has 0 aliphatic carbocycles. The van der Waals surface area contributed by atoms with Gasteiger partial charge in [-0.2, -0.15) is 0 Å². The van der Waals surface area contributed by atoms with Gasteiger partial charge in [-0.1, -0.05) is 0 Å².